The highest BCUT2D eigenvalue weighted by Gasteiger charge is 2.53. The fraction of sp³-hybridized carbons (Fsp3) is 0.259. The summed E-state index contributed by atoms with van der Waals surface area (Å²) in [7, 11) is 0. The number of benzene rings is 3. The number of ether oxygens (including phenoxy) is 2. The maximum Gasteiger partial charge on any atom is 0.340 e. The van der Waals surface area contributed by atoms with Crippen LogP contribution in [0.1, 0.15) is 47.8 Å². The molecule has 1 atom stereocenters. The lowest BCUT2D eigenvalue weighted by Gasteiger charge is -2.39. The number of rotatable bonds is 6. The van der Waals surface area contributed by atoms with Crippen LogP contribution < -0.4 is 9.75 Å². The molecule has 0 saturated heterocycles. The maximum atomic E-state index is 13.0. The van der Waals surface area contributed by atoms with E-state index in [0.717, 1.165) is 35.5 Å². The molecule has 5 rings (SSSR count). The van der Waals surface area contributed by atoms with Gasteiger partial charge in [0, 0.05) is 29.8 Å². The van der Waals surface area contributed by atoms with Gasteiger partial charge in [0.25, 0.3) is 0 Å². The fourth-order valence-corrected chi connectivity index (χ4v) is 4.90. The molecule has 0 N–H and O–H groups in total. The molecule has 6 heteroatoms. The van der Waals surface area contributed by atoms with Crippen molar-refractivity contribution in [2.24, 2.45) is 0 Å². The van der Waals surface area contributed by atoms with Crippen molar-refractivity contribution in [1.29, 1.82) is 0 Å². The Balaban J connectivity index is 1.76. The van der Waals surface area contributed by atoms with Crippen LogP contribution in [-0.4, -0.2) is 36.4 Å². The van der Waals surface area contributed by atoms with Crippen LogP contribution in [0.5, 0.6) is 11.5 Å². The number of para-hydroxylation sites is 1. The average Bonchev–Trinajstić information content (AvgIpc) is 3.12. The van der Waals surface area contributed by atoms with E-state index < -0.39 is 5.60 Å². The highest BCUT2D eigenvalue weighted by atomic mass is 16.6. The Bertz CT molecular complexity index is 1250. The molecule has 3 aromatic carbocycles. The van der Waals surface area contributed by atoms with Crippen LogP contribution in [-0.2, 0) is 15.1 Å². The number of hydrogen-bond acceptors (Lipinski definition) is 6. The molecule has 168 valence electrons. The number of anilines is 1. The lowest BCUT2D eigenvalue weighted by atomic mass is 9.77. The SMILES string of the molecule is CCN(CC)N(CC(C)=O)c1ccc2c(c1)C1(OC(=O)c3ccccc31)c1ccccc1O2. The van der Waals surface area contributed by atoms with Gasteiger partial charge in [-0.2, -0.15) is 0 Å². The van der Waals surface area contributed by atoms with Crippen molar-refractivity contribution < 1.29 is 19.1 Å². The highest BCUT2D eigenvalue weighted by molar-refractivity contribution is 5.97. The Labute approximate surface area is 193 Å². The summed E-state index contributed by atoms with van der Waals surface area (Å²) in [4.78, 5) is 25.1. The lowest BCUT2D eigenvalue weighted by molar-refractivity contribution is -0.116. The molecule has 0 saturated carbocycles. The average molecular weight is 443 g/mol. The first-order valence-electron chi connectivity index (χ1n) is 11.3. The van der Waals surface area contributed by atoms with Crippen molar-refractivity contribution in [2.75, 3.05) is 24.6 Å². The predicted molar refractivity (Wildman–Crippen MR) is 126 cm³/mol. The summed E-state index contributed by atoms with van der Waals surface area (Å²) < 4.78 is 12.5. The zero-order valence-electron chi connectivity index (χ0n) is 19.0. The molecule has 6 nitrogen and oxygen atoms in total. The maximum absolute atomic E-state index is 13.0. The number of Topliss-reactive ketones (excluding diaryl/α,β-unsaturated/α-hetero) is 1. The molecular formula is C27H26N2O4. The van der Waals surface area contributed by atoms with Crippen molar-refractivity contribution >= 4 is 17.4 Å². The van der Waals surface area contributed by atoms with Gasteiger partial charge in [-0.15, -0.1) is 0 Å². The second kappa shape index (κ2) is 8.05. The molecule has 2 aliphatic heterocycles. The van der Waals surface area contributed by atoms with E-state index in [0.29, 0.717) is 17.1 Å². The molecule has 1 unspecified atom stereocenters. The topological polar surface area (TPSA) is 59.1 Å². The fourth-order valence-electron chi connectivity index (χ4n) is 4.90. The van der Waals surface area contributed by atoms with Gasteiger partial charge < -0.3 is 9.47 Å². The second-order valence-corrected chi connectivity index (χ2v) is 8.29. The molecule has 0 bridgehead atoms. The number of hydrazine groups is 1. The van der Waals surface area contributed by atoms with Gasteiger partial charge in [-0.3, -0.25) is 9.80 Å². The van der Waals surface area contributed by atoms with E-state index in [4.69, 9.17) is 9.47 Å². The van der Waals surface area contributed by atoms with Crippen LogP contribution in [0.4, 0.5) is 5.69 Å². The Morgan fingerprint density at radius 3 is 2.27 bits per heavy atom. The normalized spacial score (nSPS) is 17.8. The van der Waals surface area contributed by atoms with Crippen LogP contribution in [0.15, 0.2) is 66.7 Å². The van der Waals surface area contributed by atoms with Gasteiger partial charge in [-0.1, -0.05) is 50.2 Å². The van der Waals surface area contributed by atoms with Crippen LogP contribution in [0.2, 0.25) is 0 Å². The Kier molecular flexibility index (Phi) is 5.17. The third kappa shape index (κ3) is 3.21. The van der Waals surface area contributed by atoms with E-state index in [1.807, 2.05) is 65.7 Å². The first kappa shape index (κ1) is 21.2. The Morgan fingerprint density at radius 2 is 1.55 bits per heavy atom. The number of esters is 1. The van der Waals surface area contributed by atoms with E-state index in [2.05, 4.69) is 18.9 Å². The Hall–Kier alpha value is -3.64. The Morgan fingerprint density at radius 1 is 0.879 bits per heavy atom. The predicted octanol–water partition coefficient (Wildman–Crippen LogP) is 4.91. The highest BCUT2D eigenvalue weighted by Crippen LogP contribution is 2.56. The summed E-state index contributed by atoms with van der Waals surface area (Å²) in [6.45, 7) is 7.47. The number of carbonyl (C=O) groups is 2. The summed E-state index contributed by atoms with van der Waals surface area (Å²) >= 11 is 0. The van der Waals surface area contributed by atoms with Crippen molar-refractivity contribution in [1.82, 2.24) is 5.01 Å². The molecule has 0 fully saturated rings. The van der Waals surface area contributed by atoms with Crippen LogP contribution in [0, 0.1) is 0 Å². The summed E-state index contributed by atoms with van der Waals surface area (Å²) in [5, 5.41) is 4.10. The second-order valence-electron chi connectivity index (χ2n) is 8.29. The zero-order chi connectivity index (χ0) is 23.2. The third-order valence-electron chi connectivity index (χ3n) is 6.34. The minimum Gasteiger partial charge on any atom is -0.456 e. The quantitative estimate of drug-likeness (QED) is 0.400. The minimum atomic E-state index is -1.11. The lowest BCUT2D eigenvalue weighted by Crippen LogP contribution is -2.45. The molecule has 3 aromatic rings. The number of fused-ring (bicyclic) bond motifs is 6. The summed E-state index contributed by atoms with van der Waals surface area (Å²) in [6, 6.07) is 21.0. The van der Waals surface area contributed by atoms with E-state index in [1.54, 1.807) is 13.0 Å². The molecule has 33 heavy (non-hydrogen) atoms. The van der Waals surface area contributed by atoms with Gasteiger partial charge in [-0.05, 0) is 37.3 Å². The molecule has 0 aliphatic carbocycles. The van der Waals surface area contributed by atoms with E-state index in [-0.39, 0.29) is 18.3 Å². The minimum absolute atomic E-state index is 0.0635. The third-order valence-corrected chi connectivity index (χ3v) is 6.34. The number of hydrogen-bond donors (Lipinski definition) is 0. The first-order valence-corrected chi connectivity index (χ1v) is 11.3. The smallest absolute Gasteiger partial charge is 0.340 e. The van der Waals surface area contributed by atoms with Gasteiger partial charge >= 0.3 is 5.97 Å². The van der Waals surface area contributed by atoms with E-state index in [9.17, 15) is 9.59 Å². The van der Waals surface area contributed by atoms with Crippen LogP contribution >= 0.6 is 0 Å². The summed E-state index contributed by atoms with van der Waals surface area (Å²) in [5.41, 5.74) is 2.61. The van der Waals surface area contributed by atoms with Gasteiger partial charge in [0.05, 0.1) is 17.8 Å². The summed E-state index contributed by atoms with van der Waals surface area (Å²) in [6.07, 6.45) is 0. The molecule has 0 radical (unpaired) electrons. The molecule has 0 aromatic heterocycles. The first-order chi connectivity index (χ1) is 16.0. The van der Waals surface area contributed by atoms with Crippen LogP contribution in [0.25, 0.3) is 0 Å². The van der Waals surface area contributed by atoms with E-state index in [1.165, 1.54) is 0 Å². The molecule has 1 spiro atoms. The monoisotopic (exact) mass is 442 g/mol. The standard InChI is InChI=1S/C27H26N2O4/c1-4-28(5-2)29(17-18(3)30)19-14-15-25-23(16-19)27(22-12-8-9-13-24(22)32-25)21-11-7-6-10-20(21)26(31)33-27/h6-16H,4-5,17H2,1-3H3. The molecule has 2 heterocycles. The van der Waals surface area contributed by atoms with E-state index >= 15 is 0 Å². The van der Waals surface area contributed by atoms with Gasteiger partial charge in [0.2, 0.25) is 0 Å². The molecule has 2 aliphatic rings. The number of carbonyl (C=O) groups excluding carboxylic acids is 2. The largest absolute Gasteiger partial charge is 0.456 e. The van der Waals surface area contributed by atoms with Crippen molar-refractivity contribution in [2.45, 2.75) is 26.4 Å². The van der Waals surface area contributed by atoms with Gasteiger partial charge in [-0.25, -0.2) is 9.80 Å². The van der Waals surface area contributed by atoms with Gasteiger partial charge in [0.15, 0.2) is 11.4 Å². The zero-order valence-corrected chi connectivity index (χ0v) is 19.0. The number of nitrogens with zero attached hydrogens (tertiary/aromatic N) is 2. The molecule has 0 amide bonds. The van der Waals surface area contributed by atoms with Crippen molar-refractivity contribution in [3.05, 3.63) is 89.0 Å². The van der Waals surface area contributed by atoms with Crippen LogP contribution in [0.3, 0.4) is 0 Å². The number of ketones is 1. The van der Waals surface area contributed by atoms with Crippen molar-refractivity contribution in [3.63, 3.8) is 0 Å². The van der Waals surface area contributed by atoms with Crippen molar-refractivity contribution in [3.8, 4) is 11.5 Å². The van der Waals surface area contributed by atoms with Gasteiger partial charge in [0.1, 0.15) is 11.5 Å². The molecular weight excluding hydrogens is 416 g/mol. The summed E-state index contributed by atoms with van der Waals surface area (Å²) in [5.74, 6) is 0.993.